The van der Waals surface area contributed by atoms with Crippen LogP contribution in [-0.4, -0.2) is 85.5 Å². The van der Waals surface area contributed by atoms with E-state index >= 15 is 0 Å². The van der Waals surface area contributed by atoms with E-state index in [9.17, 15) is 13.2 Å². The van der Waals surface area contributed by atoms with Crippen molar-refractivity contribution in [2.75, 3.05) is 44.8 Å². The molecule has 1 atom stereocenters. The molecule has 0 saturated carbocycles. The van der Waals surface area contributed by atoms with Crippen molar-refractivity contribution in [1.82, 2.24) is 14.8 Å². The number of piperidine rings is 1. The lowest BCUT2D eigenvalue weighted by molar-refractivity contribution is -0.137. The van der Waals surface area contributed by atoms with E-state index in [-0.39, 0.29) is 23.3 Å². The van der Waals surface area contributed by atoms with Gasteiger partial charge >= 0.3 is 0 Å². The number of morpholine rings is 1. The highest BCUT2D eigenvalue weighted by Crippen LogP contribution is 2.31. The number of thiazole rings is 1. The maximum atomic E-state index is 12.6. The molecule has 2 fully saturated rings. The molecule has 3 heterocycles. The lowest BCUT2D eigenvalue weighted by atomic mass is 9.88. The van der Waals surface area contributed by atoms with E-state index in [4.69, 9.17) is 4.74 Å². The minimum absolute atomic E-state index is 0.0118. The van der Waals surface area contributed by atoms with E-state index in [1.54, 1.807) is 0 Å². The van der Waals surface area contributed by atoms with Crippen LogP contribution >= 0.6 is 11.3 Å². The highest BCUT2D eigenvalue weighted by molar-refractivity contribution is 7.90. The number of hydrogen-bond acceptors (Lipinski definition) is 7. The van der Waals surface area contributed by atoms with Crippen molar-refractivity contribution < 1.29 is 17.9 Å². The van der Waals surface area contributed by atoms with Gasteiger partial charge in [0.1, 0.15) is 15.5 Å². The summed E-state index contributed by atoms with van der Waals surface area (Å²) in [5.74, 6) is 0.152. The number of aryl methyl sites for hydroxylation is 1. The molecule has 146 valence electrons. The number of sulfone groups is 1. The summed E-state index contributed by atoms with van der Waals surface area (Å²) in [7, 11) is -3.00. The normalized spacial score (nSPS) is 22.5. The van der Waals surface area contributed by atoms with Crippen LogP contribution in [0.2, 0.25) is 0 Å². The second-order valence-corrected chi connectivity index (χ2v) is 10.7. The highest BCUT2D eigenvalue weighted by atomic mass is 32.2. The molecule has 2 saturated heterocycles. The Morgan fingerprint density at radius 3 is 2.65 bits per heavy atom. The quantitative estimate of drug-likeness (QED) is 0.754. The third-order valence-electron chi connectivity index (χ3n) is 5.25. The van der Waals surface area contributed by atoms with Gasteiger partial charge in [-0.05, 0) is 26.7 Å². The lowest BCUT2D eigenvalue weighted by Crippen LogP contribution is -2.59. The first-order valence-electron chi connectivity index (χ1n) is 8.95. The molecular weight excluding hydrogens is 374 g/mol. The first-order chi connectivity index (χ1) is 12.2. The molecule has 9 heteroatoms. The molecule has 7 nitrogen and oxygen atoms in total. The zero-order valence-corrected chi connectivity index (χ0v) is 17.2. The van der Waals surface area contributed by atoms with Crippen molar-refractivity contribution in [1.29, 1.82) is 0 Å². The van der Waals surface area contributed by atoms with E-state index in [1.807, 2.05) is 24.1 Å². The summed E-state index contributed by atoms with van der Waals surface area (Å²) in [5, 5.41) is 2.71. The SMILES string of the molecule is Cc1nc(C(=O)N2CCC3(CC2)CN(C(C)CS(C)(=O)=O)CCO3)cs1. The Morgan fingerprint density at radius 2 is 2.08 bits per heavy atom. The van der Waals surface area contributed by atoms with Crippen LogP contribution in [0.5, 0.6) is 0 Å². The van der Waals surface area contributed by atoms with Crippen molar-refractivity contribution in [3.8, 4) is 0 Å². The molecule has 2 aliphatic heterocycles. The lowest BCUT2D eigenvalue weighted by Gasteiger charge is -2.48. The maximum Gasteiger partial charge on any atom is 0.273 e. The predicted molar refractivity (Wildman–Crippen MR) is 101 cm³/mol. The van der Waals surface area contributed by atoms with Crippen LogP contribution in [0, 0.1) is 6.92 Å². The third kappa shape index (κ3) is 4.62. The zero-order chi connectivity index (χ0) is 18.9. The molecule has 0 bridgehead atoms. The largest absolute Gasteiger partial charge is 0.372 e. The molecular formula is C17H27N3O4S2. The minimum Gasteiger partial charge on any atom is -0.372 e. The standard InChI is InChI=1S/C17H27N3O4S2/c1-13(11-26(3,22)23)20-8-9-24-17(12-20)4-6-19(7-5-17)16(21)15-10-25-14(2)18-15/h10,13H,4-9,11-12H2,1-3H3. The summed E-state index contributed by atoms with van der Waals surface area (Å²) >= 11 is 1.49. The number of amides is 1. The molecule has 0 aliphatic carbocycles. The molecule has 0 radical (unpaired) electrons. The van der Waals surface area contributed by atoms with E-state index in [1.165, 1.54) is 17.6 Å². The van der Waals surface area contributed by atoms with Crippen LogP contribution in [0.15, 0.2) is 5.38 Å². The van der Waals surface area contributed by atoms with E-state index in [2.05, 4.69) is 9.88 Å². The molecule has 26 heavy (non-hydrogen) atoms. The second kappa shape index (κ2) is 7.53. The third-order valence-corrected chi connectivity index (χ3v) is 7.11. The van der Waals surface area contributed by atoms with Crippen LogP contribution in [0.25, 0.3) is 0 Å². The Balaban J connectivity index is 1.59. The average molecular weight is 402 g/mol. The number of hydrogen-bond donors (Lipinski definition) is 0. The molecule has 0 N–H and O–H groups in total. The van der Waals surface area contributed by atoms with E-state index < -0.39 is 9.84 Å². The Labute approximate surface area is 159 Å². The molecule has 1 amide bonds. The van der Waals surface area contributed by atoms with Crippen molar-refractivity contribution in [3.05, 3.63) is 16.1 Å². The summed E-state index contributed by atoms with van der Waals surface area (Å²) in [5.41, 5.74) is 0.245. The summed E-state index contributed by atoms with van der Waals surface area (Å²) in [6.07, 6.45) is 2.82. The topological polar surface area (TPSA) is 79.8 Å². The monoisotopic (exact) mass is 401 g/mol. The van der Waals surface area contributed by atoms with Gasteiger partial charge in [0.25, 0.3) is 5.91 Å². The van der Waals surface area contributed by atoms with Crippen molar-refractivity contribution in [2.45, 2.75) is 38.3 Å². The summed E-state index contributed by atoms with van der Waals surface area (Å²) < 4.78 is 29.3. The molecule has 3 rings (SSSR count). The average Bonchev–Trinajstić information content (AvgIpc) is 3.00. The van der Waals surface area contributed by atoms with Gasteiger partial charge in [-0.15, -0.1) is 11.3 Å². The summed E-state index contributed by atoms with van der Waals surface area (Å²) in [4.78, 5) is 20.9. The molecule has 0 aromatic carbocycles. The smallest absolute Gasteiger partial charge is 0.273 e. The van der Waals surface area contributed by atoms with Crippen LogP contribution in [0.1, 0.15) is 35.3 Å². The molecule has 1 unspecified atom stereocenters. The van der Waals surface area contributed by atoms with Gasteiger partial charge in [-0.3, -0.25) is 9.69 Å². The zero-order valence-electron chi connectivity index (χ0n) is 15.6. The first kappa shape index (κ1) is 19.7. The predicted octanol–water partition coefficient (Wildman–Crippen LogP) is 1.19. The van der Waals surface area contributed by atoms with Gasteiger partial charge in [0, 0.05) is 43.9 Å². The fourth-order valence-corrected chi connectivity index (χ4v) is 5.51. The number of nitrogens with zero attached hydrogens (tertiary/aromatic N) is 3. The van der Waals surface area contributed by atoms with Gasteiger partial charge in [0.2, 0.25) is 0 Å². The molecule has 1 aromatic heterocycles. The fourth-order valence-electron chi connectivity index (χ4n) is 3.84. The number of carbonyl (C=O) groups is 1. The Bertz CT molecular complexity index is 754. The Morgan fingerprint density at radius 1 is 1.38 bits per heavy atom. The number of carbonyl (C=O) groups excluding carboxylic acids is 1. The van der Waals surface area contributed by atoms with Crippen LogP contribution < -0.4 is 0 Å². The number of aromatic nitrogens is 1. The van der Waals surface area contributed by atoms with Gasteiger partial charge in [-0.25, -0.2) is 13.4 Å². The van der Waals surface area contributed by atoms with Gasteiger partial charge in [0.15, 0.2) is 0 Å². The molecule has 1 aromatic rings. The fraction of sp³-hybridized carbons (Fsp3) is 0.765. The van der Waals surface area contributed by atoms with Crippen molar-refractivity contribution in [2.24, 2.45) is 0 Å². The van der Waals surface area contributed by atoms with E-state index in [0.29, 0.717) is 25.4 Å². The van der Waals surface area contributed by atoms with E-state index in [0.717, 1.165) is 30.9 Å². The summed E-state index contributed by atoms with van der Waals surface area (Å²) in [6, 6.07) is -0.0246. The number of rotatable bonds is 4. The Hall–Kier alpha value is -1.03. The van der Waals surface area contributed by atoms with Gasteiger partial charge in [0.05, 0.1) is 23.0 Å². The van der Waals surface area contributed by atoms with Crippen molar-refractivity contribution >= 4 is 27.1 Å². The Kier molecular flexibility index (Phi) is 5.72. The van der Waals surface area contributed by atoms with Gasteiger partial charge in [-0.1, -0.05) is 0 Å². The first-order valence-corrected chi connectivity index (χ1v) is 11.9. The number of ether oxygens (including phenoxy) is 1. The highest BCUT2D eigenvalue weighted by Gasteiger charge is 2.42. The van der Waals surface area contributed by atoms with Crippen molar-refractivity contribution in [3.63, 3.8) is 0 Å². The second-order valence-electron chi connectivity index (χ2n) is 7.49. The number of likely N-dealkylation sites (tertiary alicyclic amines) is 1. The van der Waals surface area contributed by atoms with Crippen LogP contribution in [0.4, 0.5) is 0 Å². The van der Waals surface area contributed by atoms with Crippen LogP contribution in [-0.2, 0) is 14.6 Å². The van der Waals surface area contributed by atoms with Gasteiger partial charge < -0.3 is 9.64 Å². The summed E-state index contributed by atoms with van der Waals surface area (Å²) in [6.45, 7) is 7.22. The minimum atomic E-state index is -3.00. The molecule has 1 spiro atoms. The van der Waals surface area contributed by atoms with Gasteiger partial charge in [-0.2, -0.15) is 0 Å². The van der Waals surface area contributed by atoms with Crippen LogP contribution in [0.3, 0.4) is 0 Å². The maximum absolute atomic E-state index is 12.6. The molecule has 2 aliphatic rings.